The smallest absolute Gasteiger partial charge is 0.343 e. The first-order valence-electron chi connectivity index (χ1n) is 9.55. The van der Waals surface area contributed by atoms with Crippen LogP contribution in [-0.2, 0) is 10.0 Å². The normalized spacial score (nSPS) is 21.7. The lowest BCUT2D eigenvalue weighted by Gasteiger charge is -2.34. The number of esters is 1. The SMILES string of the molecule is C[C@H]1C[C@H](C)CN(S(=O)(=O)c2cccc(C(=O)Oc3ccc4c(c3)OCO4)c2)C1. The lowest BCUT2D eigenvalue weighted by molar-refractivity contribution is 0.0734. The Morgan fingerprint density at radius 3 is 2.52 bits per heavy atom. The molecule has 2 atom stereocenters. The van der Waals surface area contributed by atoms with E-state index in [1.165, 1.54) is 22.5 Å². The predicted molar refractivity (Wildman–Crippen MR) is 106 cm³/mol. The van der Waals surface area contributed by atoms with E-state index in [0.29, 0.717) is 42.2 Å². The van der Waals surface area contributed by atoms with Gasteiger partial charge in [0.2, 0.25) is 16.8 Å². The second-order valence-corrected chi connectivity index (χ2v) is 9.64. The Morgan fingerprint density at radius 1 is 1.03 bits per heavy atom. The van der Waals surface area contributed by atoms with Crippen molar-refractivity contribution in [1.29, 1.82) is 0 Å². The number of benzene rings is 2. The highest BCUT2D eigenvalue weighted by Gasteiger charge is 2.32. The maximum absolute atomic E-state index is 13.1. The molecule has 2 aromatic carbocycles. The topological polar surface area (TPSA) is 82.1 Å². The monoisotopic (exact) mass is 417 g/mol. The van der Waals surface area contributed by atoms with Crippen LogP contribution in [0.25, 0.3) is 0 Å². The molecule has 0 aliphatic carbocycles. The maximum Gasteiger partial charge on any atom is 0.343 e. The van der Waals surface area contributed by atoms with E-state index in [4.69, 9.17) is 14.2 Å². The highest BCUT2D eigenvalue weighted by molar-refractivity contribution is 7.89. The molecule has 29 heavy (non-hydrogen) atoms. The van der Waals surface area contributed by atoms with Gasteiger partial charge in [-0.05, 0) is 48.6 Å². The molecule has 1 fully saturated rings. The highest BCUT2D eigenvalue weighted by Crippen LogP contribution is 2.35. The van der Waals surface area contributed by atoms with Crippen molar-refractivity contribution in [2.75, 3.05) is 19.9 Å². The largest absolute Gasteiger partial charge is 0.454 e. The summed E-state index contributed by atoms with van der Waals surface area (Å²) in [6.07, 6.45) is 1.01. The first-order valence-corrected chi connectivity index (χ1v) is 11.0. The Hall–Kier alpha value is -2.58. The number of ether oxygens (including phenoxy) is 3. The minimum atomic E-state index is -3.68. The summed E-state index contributed by atoms with van der Waals surface area (Å²) in [7, 11) is -3.68. The van der Waals surface area contributed by atoms with Gasteiger partial charge in [0, 0.05) is 19.2 Å². The number of carbonyl (C=O) groups is 1. The van der Waals surface area contributed by atoms with Crippen LogP contribution in [0.3, 0.4) is 0 Å². The quantitative estimate of drug-likeness (QED) is 0.561. The van der Waals surface area contributed by atoms with Gasteiger partial charge in [-0.3, -0.25) is 0 Å². The molecule has 0 saturated carbocycles. The van der Waals surface area contributed by atoms with Crippen LogP contribution in [0.4, 0.5) is 0 Å². The third-order valence-corrected chi connectivity index (χ3v) is 6.93. The van der Waals surface area contributed by atoms with Crippen LogP contribution in [0, 0.1) is 11.8 Å². The van der Waals surface area contributed by atoms with Crippen molar-refractivity contribution in [2.24, 2.45) is 11.8 Å². The fourth-order valence-corrected chi connectivity index (χ4v) is 5.57. The van der Waals surface area contributed by atoms with Gasteiger partial charge in [-0.2, -0.15) is 4.31 Å². The fourth-order valence-electron chi connectivity index (χ4n) is 3.84. The van der Waals surface area contributed by atoms with Crippen LogP contribution < -0.4 is 14.2 Å². The highest BCUT2D eigenvalue weighted by atomic mass is 32.2. The molecule has 0 amide bonds. The van der Waals surface area contributed by atoms with Crippen LogP contribution in [0.1, 0.15) is 30.6 Å². The summed E-state index contributed by atoms with van der Waals surface area (Å²) in [5, 5.41) is 0. The minimum Gasteiger partial charge on any atom is -0.454 e. The maximum atomic E-state index is 13.1. The molecule has 0 radical (unpaired) electrons. The second kappa shape index (κ2) is 7.68. The lowest BCUT2D eigenvalue weighted by Crippen LogP contribution is -2.42. The van der Waals surface area contributed by atoms with Gasteiger partial charge < -0.3 is 14.2 Å². The molecule has 2 heterocycles. The molecular formula is C21H23NO6S. The lowest BCUT2D eigenvalue weighted by atomic mass is 9.94. The Balaban J connectivity index is 1.54. The first kappa shape index (κ1) is 19.7. The Labute approximate surface area is 170 Å². The molecule has 1 saturated heterocycles. The van der Waals surface area contributed by atoms with Crippen LogP contribution in [-0.4, -0.2) is 38.6 Å². The molecule has 8 heteroatoms. The van der Waals surface area contributed by atoms with Gasteiger partial charge in [0.05, 0.1) is 10.5 Å². The second-order valence-electron chi connectivity index (χ2n) is 7.70. The summed E-state index contributed by atoms with van der Waals surface area (Å²) < 4.78 is 43.6. The van der Waals surface area contributed by atoms with E-state index >= 15 is 0 Å². The number of carbonyl (C=O) groups excluding carboxylic acids is 1. The molecule has 0 spiro atoms. The molecule has 0 bridgehead atoms. The van der Waals surface area contributed by atoms with Gasteiger partial charge >= 0.3 is 5.97 Å². The summed E-state index contributed by atoms with van der Waals surface area (Å²) >= 11 is 0. The minimum absolute atomic E-state index is 0.0962. The van der Waals surface area contributed by atoms with Gasteiger partial charge in [-0.15, -0.1) is 0 Å². The van der Waals surface area contributed by atoms with Gasteiger partial charge in [0.15, 0.2) is 11.5 Å². The zero-order valence-corrected chi connectivity index (χ0v) is 17.1. The summed E-state index contributed by atoms with van der Waals surface area (Å²) in [4.78, 5) is 12.7. The summed E-state index contributed by atoms with van der Waals surface area (Å²) in [5.41, 5.74) is 0.168. The number of rotatable bonds is 4. The molecule has 2 aliphatic rings. The van der Waals surface area contributed by atoms with Gasteiger partial charge in [0.1, 0.15) is 5.75 Å². The predicted octanol–water partition coefficient (Wildman–Crippen LogP) is 3.30. The molecule has 2 aromatic rings. The van der Waals surface area contributed by atoms with Crippen LogP contribution in [0.2, 0.25) is 0 Å². The first-order chi connectivity index (χ1) is 13.8. The number of hydrogen-bond acceptors (Lipinski definition) is 6. The van der Waals surface area contributed by atoms with Crippen molar-refractivity contribution in [3.05, 3.63) is 48.0 Å². The molecule has 0 aromatic heterocycles. The van der Waals surface area contributed by atoms with Crippen LogP contribution in [0.5, 0.6) is 17.2 Å². The van der Waals surface area contributed by atoms with E-state index in [2.05, 4.69) is 13.8 Å². The Bertz CT molecular complexity index is 1030. The zero-order chi connectivity index (χ0) is 20.6. The van der Waals surface area contributed by atoms with E-state index in [1.54, 1.807) is 24.3 Å². The van der Waals surface area contributed by atoms with Crippen molar-refractivity contribution < 1.29 is 27.4 Å². The third-order valence-electron chi connectivity index (χ3n) is 5.10. The van der Waals surface area contributed by atoms with Crippen molar-refractivity contribution in [2.45, 2.75) is 25.2 Å². The van der Waals surface area contributed by atoms with E-state index in [1.807, 2.05) is 0 Å². The van der Waals surface area contributed by atoms with Crippen LogP contribution in [0.15, 0.2) is 47.4 Å². The Kier molecular flexibility index (Phi) is 5.23. The fraction of sp³-hybridized carbons (Fsp3) is 0.381. The zero-order valence-electron chi connectivity index (χ0n) is 16.3. The molecule has 0 N–H and O–H groups in total. The van der Waals surface area contributed by atoms with Crippen molar-refractivity contribution >= 4 is 16.0 Å². The van der Waals surface area contributed by atoms with E-state index in [-0.39, 0.29) is 17.3 Å². The number of sulfonamides is 1. The molecule has 154 valence electrons. The average Bonchev–Trinajstić information content (AvgIpc) is 3.15. The molecular weight excluding hydrogens is 394 g/mol. The third kappa shape index (κ3) is 4.09. The average molecular weight is 417 g/mol. The van der Waals surface area contributed by atoms with Gasteiger partial charge in [-0.25, -0.2) is 13.2 Å². The summed E-state index contributed by atoms with van der Waals surface area (Å²) in [6.45, 7) is 5.20. The number of piperidine rings is 1. The summed E-state index contributed by atoms with van der Waals surface area (Å²) in [5.74, 6) is 1.34. The van der Waals surface area contributed by atoms with Crippen molar-refractivity contribution in [3.8, 4) is 17.2 Å². The van der Waals surface area contributed by atoms with E-state index in [9.17, 15) is 13.2 Å². The summed E-state index contributed by atoms with van der Waals surface area (Å²) in [6, 6.07) is 10.8. The van der Waals surface area contributed by atoms with Crippen LogP contribution >= 0.6 is 0 Å². The number of fused-ring (bicyclic) bond motifs is 1. The van der Waals surface area contributed by atoms with E-state index in [0.717, 1.165) is 6.42 Å². The van der Waals surface area contributed by atoms with Crippen molar-refractivity contribution in [1.82, 2.24) is 4.31 Å². The molecule has 2 aliphatic heterocycles. The van der Waals surface area contributed by atoms with Gasteiger partial charge in [-0.1, -0.05) is 19.9 Å². The Morgan fingerprint density at radius 2 is 1.76 bits per heavy atom. The molecule has 4 rings (SSSR count). The molecule has 7 nitrogen and oxygen atoms in total. The van der Waals surface area contributed by atoms with E-state index < -0.39 is 16.0 Å². The number of nitrogens with zero attached hydrogens (tertiary/aromatic N) is 1. The molecule has 0 unspecified atom stereocenters. The standard InChI is InChI=1S/C21H23NO6S/c1-14-8-15(2)12-22(11-14)29(24,25)18-5-3-4-16(9-18)21(23)28-17-6-7-19-20(10-17)27-13-26-19/h3-7,9-10,14-15H,8,11-13H2,1-2H3/t14-,15-/m0/s1. The number of hydrogen-bond donors (Lipinski definition) is 0. The van der Waals surface area contributed by atoms with Gasteiger partial charge in [0.25, 0.3) is 0 Å². The van der Waals surface area contributed by atoms with Crippen molar-refractivity contribution in [3.63, 3.8) is 0 Å².